The predicted octanol–water partition coefficient (Wildman–Crippen LogP) is 5.73. The zero-order chi connectivity index (χ0) is 23.7. The molecule has 4 aromatic rings. The van der Waals surface area contributed by atoms with E-state index in [2.05, 4.69) is 62.9 Å². The molecule has 7 heteroatoms. The highest BCUT2D eigenvalue weighted by molar-refractivity contribution is 7.70. The Labute approximate surface area is 201 Å². The van der Waals surface area contributed by atoms with Crippen molar-refractivity contribution < 1.29 is 4.57 Å². The number of pyridine rings is 1. The molecule has 0 unspecified atom stereocenters. The number of piperidine rings is 1. The Hall–Kier alpha value is -3.08. The predicted molar refractivity (Wildman–Crippen MR) is 144 cm³/mol. The molecule has 0 radical (unpaired) electrons. The van der Waals surface area contributed by atoms with E-state index in [0.717, 1.165) is 57.7 Å². The number of likely N-dealkylation sites (tertiary alicyclic amines) is 1. The number of nitrogens with zero attached hydrogens (tertiary/aromatic N) is 2. The van der Waals surface area contributed by atoms with E-state index in [9.17, 15) is 4.57 Å². The fourth-order valence-electron chi connectivity index (χ4n) is 4.62. The lowest BCUT2D eigenvalue weighted by atomic mass is 10.0. The van der Waals surface area contributed by atoms with E-state index in [4.69, 9.17) is 0 Å². The first-order chi connectivity index (χ1) is 16.4. The minimum atomic E-state index is -2.41. The first-order valence-electron chi connectivity index (χ1n) is 11.8. The van der Waals surface area contributed by atoms with Crippen molar-refractivity contribution in [2.24, 2.45) is 0 Å². The van der Waals surface area contributed by atoms with E-state index in [1.165, 1.54) is 12.8 Å². The molecule has 0 atom stereocenters. The van der Waals surface area contributed by atoms with Crippen LogP contribution in [0.3, 0.4) is 0 Å². The summed E-state index contributed by atoms with van der Waals surface area (Å²) in [5.41, 5.74) is 5.93. The summed E-state index contributed by atoms with van der Waals surface area (Å²) in [4.78, 5) is 10.4. The molecule has 2 aromatic carbocycles. The van der Waals surface area contributed by atoms with E-state index < -0.39 is 7.14 Å². The van der Waals surface area contributed by atoms with Crippen LogP contribution < -0.4 is 15.9 Å². The number of para-hydroxylation sites is 1. The average molecular weight is 474 g/mol. The topological polar surface area (TPSA) is 73.0 Å². The number of aromatic amines is 1. The molecule has 1 fully saturated rings. The highest BCUT2D eigenvalue weighted by Gasteiger charge is 2.18. The fourth-order valence-corrected chi connectivity index (χ4v) is 5.78. The third-order valence-electron chi connectivity index (χ3n) is 6.57. The first kappa shape index (κ1) is 22.7. The molecule has 34 heavy (non-hydrogen) atoms. The van der Waals surface area contributed by atoms with Crippen molar-refractivity contribution in [3.05, 3.63) is 66.9 Å². The zero-order valence-electron chi connectivity index (χ0n) is 20.0. The Balaban J connectivity index is 1.38. The number of aromatic nitrogens is 2. The molecule has 0 saturated carbocycles. The lowest BCUT2D eigenvalue weighted by Crippen LogP contribution is -2.36. The van der Waals surface area contributed by atoms with E-state index in [1.54, 1.807) is 19.5 Å². The van der Waals surface area contributed by atoms with E-state index in [-0.39, 0.29) is 0 Å². The summed E-state index contributed by atoms with van der Waals surface area (Å²) in [5.74, 6) is 0. The van der Waals surface area contributed by atoms with Crippen molar-refractivity contribution in [1.29, 1.82) is 0 Å². The van der Waals surface area contributed by atoms with Crippen molar-refractivity contribution in [1.82, 2.24) is 14.9 Å². The molecule has 1 aliphatic heterocycles. The van der Waals surface area contributed by atoms with Crippen molar-refractivity contribution >= 4 is 40.5 Å². The molecule has 0 aliphatic carbocycles. The van der Waals surface area contributed by atoms with Gasteiger partial charge in [0.2, 0.25) is 0 Å². The van der Waals surface area contributed by atoms with Crippen LogP contribution >= 0.6 is 7.14 Å². The van der Waals surface area contributed by atoms with E-state index in [1.807, 2.05) is 30.3 Å². The average Bonchev–Trinajstić information content (AvgIpc) is 3.26. The highest BCUT2D eigenvalue weighted by Crippen LogP contribution is 2.39. The number of hydrogen-bond donors (Lipinski definition) is 3. The second kappa shape index (κ2) is 9.28. The van der Waals surface area contributed by atoms with Crippen molar-refractivity contribution in [2.75, 3.05) is 44.1 Å². The Morgan fingerprint density at radius 3 is 2.47 bits per heavy atom. The number of nitrogens with one attached hydrogen (secondary N) is 3. The third-order valence-corrected chi connectivity index (χ3v) is 8.12. The minimum Gasteiger partial charge on any atom is -0.382 e. The van der Waals surface area contributed by atoms with Gasteiger partial charge in [0, 0.05) is 40.0 Å². The molecule has 5 rings (SSSR count). The molecular formula is C27H32N5OP. The molecule has 176 valence electrons. The van der Waals surface area contributed by atoms with E-state index in [0.29, 0.717) is 6.04 Å². The van der Waals surface area contributed by atoms with Crippen molar-refractivity contribution in [3.8, 4) is 11.3 Å². The lowest BCUT2D eigenvalue weighted by molar-refractivity contribution is 0.264. The largest absolute Gasteiger partial charge is 0.382 e. The molecule has 6 nitrogen and oxygen atoms in total. The van der Waals surface area contributed by atoms with Crippen LogP contribution in [0.4, 0.5) is 17.1 Å². The van der Waals surface area contributed by atoms with Gasteiger partial charge in [-0.1, -0.05) is 24.3 Å². The van der Waals surface area contributed by atoms with Gasteiger partial charge < -0.3 is 25.1 Å². The summed E-state index contributed by atoms with van der Waals surface area (Å²) in [6.45, 7) is 5.89. The molecule has 0 bridgehead atoms. The quantitative estimate of drug-likeness (QED) is 0.312. The van der Waals surface area contributed by atoms with Gasteiger partial charge in [0.25, 0.3) is 0 Å². The number of hydrogen-bond acceptors (Lipinski definition) is 5. The molecule has 0 spiro atoms. The summed E-state index contributed by atoms with van der Waals surface area (Å²) in [6, 6.07) is 21.0. The summed E-state index contributed by atoms with van der Waals surface area (Å²) in [5, 5.41) is 9.03. The zero-order valence-corrected chi connectivity index (χ0v) is 20.9. The molecule has 3 heterocycles. The summed E-state index contributed by atoms with van der Waals surface area (Å²) in [6.07, 6.45) is 4.15. The number of benzene rings is 2. The molecule has 1 saturated heterocycles. The lowest BCUT2D eigenvalue weighted by Gasteiger charge is -2.30. The van der Waals surface area contributed by atoms with Crippen LogP contribution in [0.2, 0.25) is 0 Å². The van der Waals surface area contributed by atoms with Crippen LogP contribution in [0.1, 0.15) is 12.8 Å². The van der Waals surface area contributed by atoms with Crippen LogP contribution in [0.25, 0.3) is 22.3 Å². The van der Waals surface area contributed by atoms with E-state index >= 15 is 0 Å². The Morgan fingerprint density at radius 1 is 1.00 bits per heavy atom. The standard InChI is InChI=1S/C27H32N5OP/c1-32-16-13-21(14-17-32)29-20-10-8-19(9-11-20)25-18-22-23(12-15-28-27(22)31-25)30-24-6-4-5-7-26(24)34(2,3)33/h4-12,15,18,21,29H,13-14,16-17H2,1-3H3,(H2,28,30,31). The van der Waals surface area contributed by atoms with Gasteiger partial charge in [-0.3, -0.25) is 0 Å². The number of fused-ring (bicyclic) bond motifs is 1. The number of anilines is 3. The Morgan fingerprint density at radius 2 is 1.74 bits per heavy atom. The first-order valence-corrected chi connectivity index (χ1v) is 14.4. The number of H-pyrrole nitrogens is 1. The summed E-state index contributed by atoms with van der Waals surface area (Å²) in [7, 11) is -0.225. The monoisotopic (exact) mass is 473 g/mol. The maximum atomic E-state index is 12.8. The maximum Gasteiger partial charge on any atom is 0.139 e. The maximum absolute atomic E-state index is 12.8. The molecule has 3 N–H and O–H groups in total. The smallest absolute Gasteiger partial charge is 0.139 e. The van der Waals surface area contributed by atoms with Crippen LogP contribution in [0, 0.1) is 0 Å². The summed E-state index contributed by atoms with van der Waals surface area (Å²) < 4.78 is 12.8. The van der Waals surface area contributed by atoms with Crippen molar-refractivity contribution in [2.45, 2.75) is 18.9 Å². The SMILES string of the molecule is CN1CCC(Nc2ccc(-c3cc4c(Nc5ccccc5P(C)(C)=O)ccnc4[nH]3)cc2)CC1. The second-order valence-corrected chi connectivity index (χ2v) is 12.8. The van der Waals surface area contributed by atoms with Gasteiger partial charge in [0.05, 0.1) is 5.69 Å². The van der Waals surface area contributed by atoms with Gasteiger partial charge in [0.1, 0.15) is 12.8 Å². The van der Waals surface area contributed by atoms with Crippen LogP contribution in [-0.2, 0) is 4.57 Å². The molecular weight excluding hydrogens is 441 g/mol. The van der Waals surface area contributed by atoms with Gasteiger partial charge in [0.15, 0.2) is 0 Å². The van der Waals surface area contributed by atoms with Gasteiger partial charge in [-0.05, 0) is 88.3 Å². The fraction of sp³-hybridized carbons (Fsp3) is 0.296. The van der Waals surface area contributed by atoms with Crippen LogP contribution in [-0.4, -0.2) is 54.4 Å². The Kier molecular flexibility index (Phi) is 6.20. The van der Waals surface area contributed by atoms with Gasteiger partial charge in [-0.2, -0.15) is 0 Å². The van der Waals surface area contributed by atoms with Gasteiger partial charge in [-0.25, -0.2) is 4.98 Å². The van der Waals surface area contributed by atoms with Crippen LogP contribution in [0.5, 0.6) is 0 Å². The van der Waals surface area contributed by atoms with Gasteiger partial charge in [-0.15, -0.1) is 0 Å². The molecule has 2 aromatic heterocycles. The highest BCUT2D eigenvalue weighted by atomic mass is 31.2. The van der Waals surface area contributed by atoms with Gasteiger partial charge >= 0.3 is 0 Å². The Bertz CT molecular complexity index is 1330. The molecule has 1 aliphatic rings. The third kappa shape index (κ3) is 4.89. The van der Waals surface area contributed by atoms with Crippen molar-refractivity contribution in [3.63, 3.8) is 0 Å². The second-order valence-electron chi connectivity index (χ2n) is 9.60. The normalized spacial score (nSPS) is 15.5. The number of rotatable bonds is 6. The van der Waals surface area contributed by atoms with Crippen LogP contribution in [0.15, 0.2) is 66.9 Å². The summed E-state index contributed by atoms with van der Waals surface area (Å²) >= 11 is 0. The minimum absolute atomic E-state index is 0.539. The molecule has 0 amide bonds.